The molecule has 0 radical (unpaired) electrons. The first-order valence-corrected chi connectivity index (χ1v) is 12.5. The van der Waals surface area contributed by atoms with Gasteiger partial charge in [-0.15, -0.1) is 0 Å². The highest BCUT2D eigenvalue weighted by Crippen LogP contribution is 2.54. The SMILES string of the molecule is [2H]C([2H])([2H])N1C(=O)[C@H](NC(=O)c2nn(Cc3ccccc3)cc2F)[C@@H]2C[C@@H]2c2cc(S(C)(=O)=O)ccc21. The number of likely N-dealkylation sites (N-methyl/N-ethyl adjacent to an activating group) is 1. The summed E-state index contributed by atoms with van der Waals surface area (Å²) in [6.07, 6.45) is 2.54. The van der Waals surface area contributed by atoms with Gasteiger partial charge in [0, 0.05) is 23.0 Å². The lowest BCUT2D eigenvalue weighted by Crippen LogP contribution is -2.48. The van der Waals surface area contributed by atoms with Crippen molar-refractivity contribution in [2.24, 2.45) is 5.92 Å². The molecule has 2 aromatic carbocycles. The van der Waals surface area contributed by atoms with Crippen molar-refractivity contribution in [3.63, 3.8) is 0 Å². The highest BCUT2D eigenvalue weighted by Gasteiger charge is 2.52. The van der Waals surface area contributed by atoms with Crippen molar-refractivity contribution >= 4 is 27.3 Å². The van der Waals surface area contributed by atoms with Gasteiger partial charge in [-0.3, -0.25) is 14.3 Å². The molecule has 1 N–H and O–H groups in total. The maximum Gasteiger partial charge on any atom is 0.275 e. The van der Waals surface area contributed by atoms with Crippen LogP contribution in [0.5, 0.6) is 0 Å². The first-order chi connectivity index (χ1) is 17.3. The van der Waals surface area contributed by atoms with Crippen LogP contribution in [0.4, 0.5) is 10.1 Å². The number of carbonyl (C=O) groups excluding carboxylic acids is 2. The van der Waals surface area contributed by atoms with Crippen LogP contribution < -0.4 is 10.2 Å². The number of nitrogens with one attached hydrogen (secondary N) is 1. The average Bonchev–Trinajstić information content (AvgIpc) is 3.52. The van der Waals surface area contributed by atoms with Crippen LogP contribution in [0.25, 0.3) is 0 Å². The number of rotatable bonds is 5. The quantitative estimate of drug-likeness (QED) is 0.598. The van der Waals surface area contributed by atoms with Crippen molar-refractivity contribution in [2.45, 2.75) is 29.8 Å². The van der Waals surface area contributed by atoms with Crippen molar-refractivity contribution < 1.29 is 26.5 Å². The molecule has 2 aliphatic rings. The third-order valence-electron chi connectivity index (χ3n) is 6.23. The number of benzene rings is 2. The van der Waals surface area contributed by atoms with Gasteiger partial charge in [-0.05, 0) is 47.6 Å². The lowest BCUT2D eigenvalue weighted by Gasteiger charge is -2.23. The molecule has 1 aliphatic heterocycles. The van der Waals surface area contributed by atoms with E-state index >= 15 is 0 Å². The van der Waals surface area contributed by atoms with Gasteiger partial charge in [0.05, 0.1) is 17.6 Å². The molecule has 10 heteroatoms. The standard InChI is InChI=1S/C24H23FN4O4S/c1-28-20-9-8-15(34(2,32)33)10-17(20)16-11-18(16)21(24(28)31)26-23(30)22-19(25)13-29(27-22)12-14-6-4-3-5-7-14/h3-10,13,16,18,21H,11-12H2,1-2H3,(H,26,30)/t16-,18-,21-/m1/s1/i1D3. The second kappa shape index (κ2) is 8.05. The van der Waals surface area contributed by atoms with Gasteiger partial charge < -0.3 is 10.2 Å². The van der Waals surface area contributed by atoms with Crippen LogP contribution in [0.1, 0.15) is 38.1 Å². The van der Waals surface area contributed by atoms with Gasteiger partial charge in [0.15, 0.2) is 21.3 Å². The summed E-state index contributed by atoms with van der Waals surface area (Å²) in [7, 11) is -3.58. The van der Waals surface area contributed by atoms with E-state index < -0.39 is 52.1 Å². The molecule has 1 saturated carbocycles. The molecule has 1 fully saturated rings. The minimum absolute atomic E-state index is 0.00310. The van der Waals surface area contributed by atoms with Crippen LogP contribution in [-0.2, 0) is 21.2 Å². The Morgan fingerprint density at radius 3 is 2.74 bits per heavy atom. The maximum absolute atomic E-state index is 14.7. The first-order valence-electron chi connectivity index (χ1n) is 12.1. The van der Waals surface area contributed by atoms with E-state index in [-0.39, 0.29) is 23.0 Å². The Morgan fingerprint density at radius 2 is 2.03 bits per heavy atom. The molecule has 34 heavy (non-hydrogen) atoms. The molecular formula is C24H23FN4O4S. The lowest BCUT2D eigenvalue weighted by atomic mass is 10.1. The van der Waals surface area contributed by atoms with Crippen LogP contribution in [0, 0.1) is 11.7 Å². The highest BCUT2D eigenvalue weighted by atomic mass is 32.2. The lowest BCUT2D eigenvalue weighted by molar-refractivity contribution is -0.120. The Labute approximate surface area is 200 Å². The van der Waals surface area contributed by atoms with E-state index in [2.05, 4.69) is 10.4 Å². The number of hydrogen-bond donors (Lipinski definition) is 1. The largest absolute Gasteiger partial charge is 0.338 e. The molecule has 0 bridgehead atoms. The number of sulfone groups is 1. The third kappa shape index (κ3) is 3.98. The molecule has 176 valence electrons. The summed E-state index contributed by atoms with van der Waals surface area (Å²) in [6, 6.07) is 11.8. The smallest absolute Gasteiger partial charge is 0.275 e. The Balaban J connectivity index is 1.45. The fourth-order valence-electron chi connectivity index (χ4n) is 4.43. The fraction of sp³-hybridized carbons (Fsp3) is 0.292. The van der Waals surface area contributed by atoms with Gasteiger partial charge in [-0.25, -0.2) is 12.8 Å². The van der Waals surface area contributed by atoms with Crippen LogP contribution in [0.15, 0.2) is 59.6 Å². The van der Waals surface area contributed by atoms with Gasteiger partial charge in [0.1, 0.15) is 6.04 Å². The van der Waals surface area contributed by atoms with E-state index in [1.807, 2.05) is 30.3 Å². The fourth-order valence-corrected chi connectivity index (χ4v) is 5.08. The number of nitrogens with zero attached hydrogens (tertiary/aromatic N) is 3. The Bertz CT molecular complexity index is 1510. The Kier molecular flexibility index (Phi) is 4.46. The molecule has 2 heterocycles. The summed E-state index contributed by atoms with van der Waals surface area (Å²) in [6.45, 7) is -2.68. The third-order valence-corrected chi connectivity index (χ3v) is 7.34. The molecular weight excluding hydrogens is 459 g/mol. The van der Waals surface area contributed by atoms with E-state index in [0.29, 0.717) is 16.9 Å². The van der Waals surface area contributed by atoms with E-state index in [1.165, 1.54) is 22.9 Å². The van der Waals surface area contributed by atoms with Gasteiger partial charge >= 0.3 is 0 Å². The molecule has 8 nitrogen and oxygen atoms in total. The number of carbonyl (C=O) groups is 2. The molecule has 5 rings (SSSR count). The molecule has 0 spiro atoms. The predicted octanol–water partition coefficient (Wildman–Crippen LogP) is 2.35. The van der Waals surface area contributed by atoms with Gasteiger partial charge in [0.25, 0.3) is 5.91 Å². The number of halogens is 1. The van der Waals surface area contributed by atoms with Gasteiger partial charge in [-0.1, -0.05) is 30.3 Å². The first kappa shape index (κ1) is 18.8. The normalized spacial score (nSPS) is 23.1. The molecule has 3 aromatic rings. The van der Waals surface area contributed by atoms with Crippen molar-refractivity contribution in [3.05, 3.63) is 77.4 Å². The van der Waals surface area contributed by atoms with Crippen molar-refractivity contribution in [1.82, 2.24) is 15.1 Å². The summed E-state index contributed by atoms with van der Waals surface area (Å²) < 4.78 is 64.0. The van der Waals surface area contributed by atoms with Crippen molar-refractivity contribution in [1.29, 1.82) is 0 Å². The topological polar surface area (TPSA) is 101 Å². The van der Waals surface area contributed by atoms with Crippen LogP contribution in [0.3, 0.4) is 0 Å². The molecule has 2 amide bonds. The van der Waals surface area contributed by atoms with E-state index in [0.717, 1.165) is 18.0 Å². The van der Waals surface area contributed by atoms with Crippen molar-refractivity contribution in [3.8, 4) is 0 Å². The maximum atomic E-state index is 14.7. The van der Waals surface area contributed by atoms with E-state index in [4.69, 9.17) is 4.11 Å². The summed E-state index contributed by atoms with van der Waals surface area (Å²) in [4.78, 5) is 27.1. The minimum atomic E-state index is -3.58. The number of fused-ring (bicyclic) bond motifs is 3. The number of hydrogen-bond acceptors (Lipinski definition) is 5. The molecule has 1 aliphatic carbocycles. The molecule has 3 atom stereocenters. The average molecular weight is 486 g/mol. The number of amides is 2. The summed E-state index contributed by atoms with van der Waals surface area (Å²) in [5.41, 5.74) is 0.811. The molecule has 0 saturated heterocycles. The zero-order valence-electron chi connectivity index (χ0n) is 21.1. The predicted molar refractivity (Wildman–Crippen MR) is 123 cm³/mol. The second-order valence-electron chi connectivity index (χ2n) is 8.63. The van der Waals surface area contributed by atoms with Crippen LogP contribution >= 0.6 is 0 Å². The zero-order chi connectivity index (χ0) is 26.7. The van der Waals surface area contributed by atoms with Gasteiger partial charge in [-0.2, -0.15) is 5.10 Å². The minimum Gasteiger partial charge on any atom is -0.338 e. The Morgan fingerprint density at radius 1 is 1.26 bits per heavy atom. The molecule has 1 aromatic heterocycles. The van der Waals surface area contributed by atoms with Crippen molar-refractivity contribution in [2.75, 3.05) is 18.1 Å². The van der Waals surface area contributed by atoms with Gasteiger partial charge in [0.2, 0.25) is 5.91 Å². The summed E-state index contributed by atoms with van der Waals surface area (Å²) >= 11 is 0. The van der Waals surface area contributed by atoms with Crippen LogP contribution in [-0.4, -0.2) is 49.3 Å². The highest BCUT2D eigenvalue weighted by molar-refractivity contribution is 7.90. The zero-order valence-corrected chi connectivity index (χ0v) is 18.9. The second-order valence-corrected chi connectivity index (χ2v) is 10.6. The van der Waals surface area contributed by atoms with Crippen LogP contribution in [0.2, 0.25) is 0 Å². The number of anilines is 1. The monoisotopic (exact) mass is 485 g/mol. The molecule has 0 unspecified atom stereocenters. The van der Waals surface area contributed by atoms with E-state index in [1.54, 1.807) is 0 Å². The number of aromatic nitrogens is 2. The Hall–Kier alpha value is -3.53. The summed E-state index contributed by atoms with van der Waals surface area (Å²) in [5, 5.41) is 6.53. The van der Waals surface area contributed by atoms with E-state index in [9.17, 15) is 22.4 Å². The summed E-state index contributed by atoms with van der Waals surface area (Å²) in [5.74, 6) is -3.53.